The largest absolute Gasteiger partial charge is 0.294 e. The molecular weight excluding hydrogens is 218 g/mol. The molecule has 0 N–H and O–H groups in total. The lowest BCUT2D eigenvalue weighted by Crippen LogP contribution is -2.03. The molecule has 84 valence electrons. The molecule has 1 aromatic carbocycles. The van der Waals surface area contributed by atoms with Crippen LogP contribution in [0.3, 0.4) is 0 Å². The summed E-state index contributed by atoms with van der Waals surface area (Å²) in [6, 6.07) is 9.55. The van der Waals surface area contributed by atoms with E-state index in [0.717, 1.165) is 10.5 Å². The molecule has 0 saturated carbocycles. The van der Waals surface area contributed by atoms with Gasteiger partial charge in [0.2, 0.25) is 0 Å². The highest BCUT2D eigenvalue weighted by atomic mass is 32.2. The Kier molecular flexibility index (Phi) is 5.07. The minimum absolute atomic E-state index is 0.187. The number of hydrogen-bond acceptors (Lipinski definition) is 3. The molecule has 0 aliphatic heterocycles. The van der Waals surface area contributed by atoms with Gasteiger partial charge in [-0.3, -0.25) is 4.79 Å². The minimum Gasteiger partial charge on any atom is -0.294 e. The summed E-state index contributed by atoms with van der Waals surface area (Å²) in [4.78, 5) is 12.8. The standard InChI is InChI=1S/C13H15NOS/c1-10(2)9-13(15)11-3-5-12(6-4-11)16-8-7-14/h3-6,10H,8-9H2,1-2H3. The summed E-state index contributed by atoms with van der Waals surface area (Å²) in [5.41, 5.74) is 0.759. The highest BCUT2D eigenvalue weighted by Crippen LogP contribution is 2.19. The number of Topliss-reactive ketones (excluding diaryl/α,β-unsaturated/α-hetero) is 1. The van der Waals surface area contributed by atoms with Gasteiger partial charge in [-0.1, -0.05) is 26.0 Å². The van der Waals surface area contributed by atoms with E-state index < -0.39 is 0 Å². The highest BCUT2D eigenvalue weighted by Gasteiger charge is 2.07. The lowest BCUT2D eigenvalue weighted by atomic mass is 10.0. The third-order valence-corrected chi connectivity index (χ3v) is 2.95. The molecule has 1 aromatic rings. The molecule has 0 heterocycles. The molecule has 0 unspecified atom stereocenters. The Hall–Kier alpha value is -1.27. The molecule has 0 bridgehead atoms. The number of benzene rings is 1. The summed E-state index contributed by atoms with van der Waals surface area (Å²) in [5.74, 6) is 1.02. The molecule has 0 aromatic heterocycles. The number of ketones is 1. The second-order valence-corrected chi connectivity index (χ2v) is 5.04. The van der Waals surface area contributed by atoms with Crippen molar-refractivity contribution in [2.24, 2.45) is 5.92 Å². The van der Waals surface area contributed by atoms with Crippen molar-refractivity contribution < 1.29 is 4.79 Å². The van der Waals surface area contributed by atoms with E-state index in [0.29, 0.717) is 18.1 Å². The van der Waals surface area contributed by atoms with Crippen LogP contribution in [0.5, 0.6) is 0 Å². The molecule has 2 nitrogen and oxygen atoms in total. The quantitative estimate of drug-likeness (QED) is 0.577. The third-order valence-electron chi connectivity index (χ3n) is 2.07. The van der Waals surface area contributed by atoms with E-state index in [1.54, 1.807) is 0 Å². The first-order valence-electron chi connectivity index (χ1n) is 5.26. The highest BCUT2D eigenvalue weighted by molar-refractivity contribution is 7.99. The van der Waals surface area contributed by atoms with Gasteiger partial charge in [0.25, 0.3) is 0 Å². The Balaban J connectivity index is 2.64. The first kappa shape index (κ1) is 12.8. The Morgan fingerprint density at radius 3 is 2.50 bits per heavy atom. The van der Waals surface area contributed by atoms with Crippen molar-refractivity contribution in [3.8, 4) is 6.07 Å². The van der Waals surface area contributed by atoms with Crippen molar-refractivity contribution in [1.82, 2.24) is 0 Å². The summed E-state index contributed by atoms with van der Waals surface area (Å²) in [7, 11) is 0. The molecule has 0 radical (unpaired) electrons. The van der Waals surface area contributed by atoms with Crippen molar-refractivity contribution in [2.45, 2.75) is 25.2 Å². The number of hydrogen-bond donors (Lipinski definition) is 0. The zero-order valence-electron chi connectivity index (χ0n) is 9.56. The molecule has 1 rings (SSSR count). The molecule has 0 spiro atoms. The first-order valence-corrected chi connectivity index (χ1v) is 6.25. The Bertz CT molecular complexity index is 389. The lowest BCUT2D eigenvalue weighted by Gasteiger charge is -2.04. The Labute approximate surface area is 101 Å². The normalized spacial score (nSPS) is 10.1. The van der Waals surface area contributed by atoms with E-state index in [9.17, 15) is 4.79 Å². The van der Waals surface area contributed by atoms with E-state index in [2.05, 4.69) is 6.07 Å². The van der Waals surface area contributed by atoms with Crippen LogP contribution >= 0.6 is 11.8 Å². The van der Waals surface area contributed by atoms with Gasteiger partial charge in [-0.2, -0.15) is 5.26 Å². The van der Waals surface area contributed by atoms with Crippen molar-refractivity contribution in [1.29, 1.82) is 5.26 Å². The van der Waals surface area contributed by atoms with Crippen LogP contribution in [0.25, 0.3) is 0 Å². The van der Waals surface area contributed by atoms with E-state index in [1.807, 2.05) is 38.1 Å². The van der Waals surface area contributed by atoms with Crippen molar-refractivity contribution in [3.05, 3.63) is 29.8 Å². The lowest BCUT2D eigenvalue weighted by molar-refractivity contribution is 0.0968. The third kappa shape index (κ3) is 4.08. The fourth-order valence-corrected chi connectivity index (χ4v) is 1.90. The van der Waals surface area contributed by atoms with Crippen molar-refractivity contribution in [3.63, 3.8) is 0 Å². The van der Waals surface area contributed by atoms with Crippen LogP contribution in [-0.4, -0.2) is 11.5 Å². The number of carbonyl (C=O) groups excluding carboxylic acids is 1. The van der Waals surface area contributed by atoms with Gasteiger partial charge in [-0.25, -0.2) is 0 Å². The monoisotopic (exact) mass is 233 g/mol. The maximum absolute atomic E-state index is 11.7. The van der Waals surface area contributed by atoms with Crippen LogP contribution in [0.15, 0.2) is 29.2 Å². The summed E-state index contributed by atoms with van der Waals surface area (Å²) in [6.07, 6.45) is 0.588. The fraction of sp³-hybridized carbons (Fsp3) is 0.385. The summed E-state index contributed by atoms with van der Waals surface area (Å²) >= 11 is 1.48. The van der Waals surface area contributed by atoms with E-state index in [1.165, 1.54) is 11.8 Å². The van der Waals surface area contributed by atoms with Gasteiger partial charge in [-0.15, -0.1) is 11.8 Å². The SMILES string of the molecule is CC(C)CC(=O)c1ccc(SCC#N)cc1. The summed E-state index contributed by atoms with van der Waals surface area (Å²) in [6.45, 7) is 4.07. The Morgan fingerprint density at radius 2 is 2.00 bits per heavy atom. The van der Waals surface area contributed by atoms with Crippen LogP contribution in [0, 0.1) is 17.2 Å². The van der Waals surface area contributed by atoms with Crippen LogP contribution in [0.4, 0.5) is 0 Å². The average molecular weight is 233 g/mol. The van der Waals surface area contributed by atoms with Crippen molar-refractivity contribution in [2.75, 3.05) is 5.75 Å². The molecule has 0 amide bonds. The predicted octanol–water partition coefficient (Wildman–Crippen LogP) is 3.53. The van der Waals surface area contributed by atoms with E-state index in [-0.39, 0.29) is 5.78 Å². The van der Waals surface area contributed by atoms with Gasteiger partial charge in [0.05, 0.1) is 11.8 Å². The number of nitrogens with zero attached hydrogens (tertiary/aromatic N) is 1. The van der Waals surface area contributed by atoms with Crippen LogP contribution in [0.1, 0.15) is 30.6 Å². The summed E-state index contributed by atoms with van der Waals surface area (Å²) < 4.78 is 0. The van der Waals surface area contributed by atoms with Gasteiger partial charge in [-0.05, 0) is 18.1 Å². The number of thioether (sulfide) groups is 1. The van der Waals surface area contributed by atoms with Crippen molar-refractivity contribution >= 4 is 17.5 Å². The van der Waals surface area contributed by atoms with Gasteiger partial charge < -0.3 is 0 Å². The predicted molar refractivity (Wildman–Crippen MR) is 66.6 cm³/mol. The average Bonchev–Trinajstić information content (AvgIpc) is 2.26. The number of carbonyl (C=O) groups is 1. The molecule has 0 atom stereocenters. The first-order chi connectivity index (χ1) is 7.63. The topological polar surface area (TPSA) is 40.9 Å². The zero-order valence-corrected chi connectivity index (χ0v) is 10.4. The number of nitriles is 1. The molecule has 0 saturated heterocycles. The second-order valence-electron chi connectivity index (χ2n) is 3.99. The Morgan fingerprint density at radius 1 is 1.38 bits per heavy atom. The smallest absolute Gasteiger partial charge is 0.163 e. The second kappa shape index (κ2) is 6.34. The van der Waals surface area contributed by atoms with Crippen LogP contribution in [0.2, 0.25) is 0 Å². The zero-order chi connectivity index (χ0) is 12.0. The van der Waals surface area contributed by atoms with Gasteiger partial charge in [0.1, 0.15) is 0 Å². The van der Waals surface area contributed by atoms with Crippen LogP contribution < -0.4 is 0 Å². The van der Waals surface area contributed by atoms with Gasteiger partial charge in [0.15, 0.2) is 5.78 Å². The van der Waals surface area contributed by atoms with E-state index >= 15 is 0 Å². The minimum atomic E-state index is 0.187. The number of rotatable bonds is 5. The molecule has 0 fully saturated rings. The van der Waals surface area contributed by atoms with Gasteiger partial charge in [0, 0.05) is 16.9 Å². The molecule has 16 heavy (non-hydrogen) atoms. The van der Waals surface area contributed by atoms with Gasteiger partial charge >= 0.3 is 0 Å². The van der Waals surface area contributed by atoms with E-state index in [4.69, 9.17) is 5.26 Å². The molecule has 0 aliphatic rings. The summed E-state index contributed by atoms with van der Waals surface area (Å²) in [5, 5.41) is 8.44. The van der Waals surface area contributed by atoms with Crippen LogP contribution in [-0.2, 0) is 0 Å². The maximum Gasteiger partial charge on any atom is 0.163 e. The molecular formula is C13H15NOS. The maximum atomic E-state index is 11.7. The molecule has 3 heteroatoms. The fourth-order valence-electron chi connectivity index (χ4n) is 1.34. The molecule has 0 aliphatic carbocycles.